The summed E-state index contributed by atoms with van der Waals surface area (Å²) < 4.78 is 5.50. The third-order valence-electron chi connectivity index (χ3n) is 3.35. The van der Waals surface area contributed by atoms with Crippen molar-refractivity contribution < 1.29 is 9.84 Å². The standard InChI is InChI=1S/C16H20N2O2/c17-10-13-6-4-5-9-16(13)20-12-15(19)11-18-14-7-2-1-3-8-14/h1-2,4-6,9,14-15,18-19H,3,7-8,11-12H2. The van der Waals surface area contributed by atoms with E-state index >= 15 is 0 Å². The summed E-state index contributed by atoms with van der Waals surface area (Å²) in [5, 5.41) is 22.2. The number of hydrogen-bond acceptors (Lipinski definition) is 4. The van der Waals surface area contributed by atoms with Crippen molar-refractivity contribution in [3.05, 3.63) is 42.0 Å². The van der Waals surface area contributed by atoms with Gasteiger partial charge in [0.2, 0.25) is 0 Å². The topological polar surface area (TPSA) is 65.3 Å². The Morgan fingerprint density at radius 2 is 2.25 bits per heavy atom. The SMILES string of the molecule is N#Cc1ccccc1OCC(O)CNC1CC=CCC1. The number of nitrogens with one attached hydrogen (secondary N) is 1. The molecule has 0 fully saturated rings. The Balaban J connectivity index is 1.73. The number of aliphatic hydroxyl groups excluding tert-OH is 1. The van der Waals surface area contributed by atoms with Crippen LogP contribution in [0.2, 0.25) is 0 Å². The predicted molar refractivity (Wildman–Crippen MR) is 77.4 cm³/mol. The van der Waals surface area contributed by atoms with Gasteiger partial charge >= 0.3 is 0 Å². The van der Waals surface area contributed by atoms with Crippen molar-refractivity contribution in [2.45, 2.75) is 31.4 Å². The van der Waals surface area contributed by atoms with E-state index in [0.717, 1.165) is 19.3 Å². The number of hydrogen-bond donors (Lipinski definition) is 2. The molecule has 4 heteroatoms. The molecule has 106 valence electrons. The Morgan fingerprint density at radius 3 is 3.00 bits per heavy atom. The summed E-state index contributed by atoms with van der Waals surface area (Å²) in [6.07, 6.45) is 7.02. The fourth-order valence-electron chi connectivity index (χ4n) is 2.21. The quantitative estimate of drug-likeness (QED) is 0.777. The van der Waals surface area contributed by atoms with Gasteiger partial charge < -0.3 is 15.2 Å². The molecule has 0 aliphatic heterocycles. The van der Waals surface area contributed by atoms with E-state index in [1.807, 2.05) is 6.07 Å². The van der Waals surface area contributed by atoms with Crippen LogP contribution in [0.4, 0.5) is 0 Å². The summed E-state index contributed by atoms with van der Waals surface area (Å²) in [4.78, 5) is 0. The van der Waals surface area contributed by atoms with E-state index in [4.69, 9.17) is 10.00 Å². The van der Waals surface area contributed by atoms with Crippen LogP contribution in [0.1, 0.15) is 24.8 Å². The highest BCUT2D eigenvalue weighted by atomic mass is 16.5. The molecular formula is C16H20N2O2. The van der Waals surface area contributed by atoms with Crippen LogP contribution in [0.3, 0.4) is 0 Å². The number of rotatable bonds is 6. The van der Waals surface area contributed by atoms with Crippen LogP contribution in [0.5, 0.6) is 5.75 Å². The molecule has 20 heavy (non-hydrogen) atoms. The van der Waals surface area contributed by atoms with Crippen LogP contribution >= 0.6 is 0 Å². The predicted octanol–water partition coefficient (Wildman–Crippen LogP) is 2.00. The van der Waals surface area contributed by atoms with Gasteiger partial charge in [0.25, 0.3) is 0 Å². The Labute approximate surface area is 119 Å². The Hall–Kier alpha value is -1.83. The maximum Gasteiger partial charge on any atom is 0.137 e. The molecule has 0 spiro atoms. The average Bonchev–Trinajstić information content (AvgIpc) is 2.52. The third kappa shape index (κ3) is 4.37. The van der Waals surface area contributed by atoms with E-state index < -0.39 is 6.10 Å². The average molecular weight is 272 g/mol. The number of aliphatic hydroxyl groups is 1. The van der Waals surface area contributed by atoms with E-state index in [9.17, 15) is 5.11 Å². The van der Waals surface area contributed by atoms with Gasteiger partial charge in [0, 0.05) is 12.6 Å². The van der Waals surface area contributed by atoms with Gasteiger partial charge in [-0.2, -0.15) is 5.26 Å². The van der Waals surface area contributed by atoms with Gasteiger partial charge in [-0.25, -0.2) is 0 Å². The molecule has 0 bridgehead atoms. The van der Waals surface area contributed by atoms with Crippen LogP contribution < -0.4 is 10.1 Å². The van der Waals surface area contributed by atoms with Crippen LogP contribution in [-0.4, -0.2) is 30.4 Å². The van der Waals surface area contributed by atoms with Gasteiger partial charge in [0.1, 0.15) is 24.5 Å². The lowest BCUT2D eigenvalue weighted by Crippen LogP contribution is -2.38. The van der Waals surface area contributed by atoms with Crippen molar-refractivity contribution in [1.29, 1.82) is 5.26 Å². The van der Waals surface area contributed by atoms with Crippen molar-refractivity contribution in [3.8, 4) is 11.8 Å². The molecule has 2 N–H and O–H groups in total. The second-order valence-electron chi connectivity index (χ2n) is 4.96. The number of nitriles is 1. The van der Waals surface area contributed by atoms with E-state index in [0.29, 0.717) is 23.9 Å². The second kappa shape index (κ2) is 7.68. The first kappa shape index (κ1) is 14.6. The normalized spacial score (nSPS) is 19.3. The van der Waals surface area contributed by atoms with Crippen molar-refractivity contribution in [3.63, 3.8) is 0 Å². The van der Waals surface area contributed by atoms with Crippen molar-refractivity contribution in [2.24, 2.45) is 0 Å². The molecule has 4 nitrogen and oxygen atoms in total. The largest absolute Gasteiger partial charge is 0.489 e. The lowest BCUT2D eigenvalue weighted by atomic mass is 10.0. The number of benzene rings is 1. The van der Waals surface area contributed by atoms with Gasteiger partial charge in [-0.15, -0.1) is 0 Å². The Bertz CT molecular complexity index is 493. The smallest absolute Gasteiger partial charge is 0.137 e. The van der Waals surface area contributed by atoms with Gasteiger partial charge in [-0.3, -0.25) is 0 Å². The van der Waals surface area contributed by atoms with E-state index in [1.165, 1.54) is 0 Å². The lowest BCUT2D eigenvalue weighted by Gasteiger charge is -2.21. The molecule has 2 atom stereocenters. The molecule has 1 aliphatic carbocycles. The Kier molecular flexibility index (Phi) is 5.60. The summed E-state index contributed by atoms with van der Waals surface area (Å²) in [6.45, 7) is 0.696. The minimum atomic E-state index is -0.576. The van der Waals surface area contributed by atoms with E-state index in [-0.39, 0.29) is 6.61 Å². The van der Waals surface area contributed by atoms with E-state index in [1.54, 1.807) is 18.2 Å². The minimum absolute atomic E-state index is 0.189. The number of nitrogens with zero attached hydrogens (tertiary/aromatic N) is 1. The number of para-hydroxylation sites is 1. The molecule has 1 aromatic carbocycles. The minimum Gasteiger partial charge on any atom is -0.489 e. The van der Waals surface area contributed by atoms with Crippen molar-refractivity contribution in [2.75, 3.05) is 13.2 Å². The first-order valence-corrected chi connectivity index (χ1v) is 6.98. The van der Waals surface area contributed by atoms with Gasteiger partial charge in [0.15, 0.2) is 0 Å². The fourth-order valence-corrected chi connectivity index (χ4v) is 2.21. The third-order valence-corrected chi connectivity index (χ3v) is 3.35. The molecule has 0 saturated heterocycles. The molecule has 2 unspecified atom stereocenters. The lowest BCUT2D eigenvalue weighted by molar-refractivity contribution is 0.103. The molecule has 0 amide bonds. The molecule has 0 saturated carbocycles. The molecule has 2 rings (SSSR count). The Morgan fingerprint density at radius 1 is 1.40 bits per heavy atom. The highest BCUT2D eigenvalue weighted by Crippen LogP contribution is 2.16. The first-order valence-electron chi connectivity index (χ1n) is 6.98. The second-order valence-corrected chi connectivity index (χ2v) is 4.96. The zero-order valence-corrected chi connectivity index (χ0v) is 11.5. The highest BCUT2D eigenvalue weighted by molar-refractivity contribution is 5.42. The number of allylic oxidation sites excluding steroid dienone is 1. The van der Waals surface area contributed by atoms with Crippen LogP contribution in [0, 0.1) is 11.3 Å². The highest BCUT2D eigenvalue weighted by Gasteiger charge is 2.12. The van der Waals surface area contributed by atoms with Crippen molar-refractivity contribution in [1.82, 2.24) is 5.32 Å². The molecule has 0 heterocycles. The molecular weight excluding hydrogens is 252 g/mol. The molecule has 0 aromatic heterocycles. The molecule has 0 radical (unpaired) electrons. The van der Waals surface area contributed by atoms with Crippen LogP contribution in [0.25, 0.3) is 0 Å². The molecule has 1 aromatic rings. The zero-order valence-electron chi connectivity index (χ0n) is 11.5. The fraction of sp³-hybridized carbons (Fsp3) is 0.438. The summed E-state index contributed by atoms with van der Waals surface area (Å²) in [7, 11) is 0. The van der Waals surface area contributed by atoms with E-state index in [2.05, 4.69) is 23.5 Å². The monoisotopic (exact) mass is 272 g/mol. The summed E-state index contributed by atoms with van der Waals surface area (Å²) in [5.74, 6) is 0.523. The summed E-state index contributed by atoms with van der Waals surface area (Å²) in [6, 6.07) is 9.57. The first-order chi connectivity index (χ1) is 9.79. The van der Waals surface area contributed by atoms with Gasteiger partial charge in [0.05, 0.1) is 5.56 Å². The van der Waals surface area contributed by atoms with Gasteiger partial charge in [-0.1, -0.05) is 24.3 Å². The maximum atomic E-state index is 9.92. The van der Waals surface area contributed by atoms with Crippen molar-refractivity contribution >= 4 is 0 Å². The summed E-state index contributed by atoms with van der Waals surface area (Å²) in [5.41, 5.74) is 0.491. The number of ether oxygens (including phenoxy) is 1. The van der Waals surface area contributed by atoms with Gasteiger partial charge in [-0.05, 0) is 31.4 Å². The zero-order chi connectivity index (χ0) is 14.2. The van der Waals surface area contributed by atoms with Crippen LogP contribution in [0.15, 0.2) is 36.4 Å². The maximum absolute atomic E-state index is 9.92. The summed E-state index contributed by atoms with van der Waals surface area (Å²) >= 11 is 0. The van der Waals surface area contributed by atoms with Crippen LogP contribution in [-0.2, 0) is 0 Å². The molecule has 1 aliphatic rings.